The Balaban J connectivity index is 2.22. The van der Waals surface area contributed by atoms with Crippen LogP contribution >= 0.6 is 0 Å². The molecule has 0 bridgehead atoms. The first-order valence-corrected chi connectivity index (χ1v) is 5.07. The molecule has 2 nitrogen and oxygen atoms in total. The topological polar surface area (TPSA) is 29.5 Å². The predicted molar refractivity (Wildman–Crippen MR) is 55.3 cm³/mol. The molecule has 2 heteroatoms. The maximum Gasteiger partial charge on any atom is 0.0523 e. The van der Waals surface area contributed by atoms with E-state index in [2.05, 4.69) is 19.1 Å². The van der Waals surface area contributed by atoms with E-state index in [-0.39, 0.29) is 12.5 Å². The molecular weight excluding hydrogens is 176 g/mol. The normalized spacial score (nSPS) is 19.0. The molecule has 1 aliphatic heterocycles. The van der Waals surface area contributed by atoms with Gasteiger partial charge in [0, 0.05) is 11.8 Å². The molecule has 1 unspecified atom stereocenters. The summed E-state index contributed by atoms with van der Waals surface area (Å²) in [7, 11) is 0. The highest BCUT2D eigenvalue weighted by Crippen LogP contribution is 2.31. The summed E-state index contributed by atoms with van der Waals surface area (Å²) in [5.74, 6) is 0.756. The Kier molecular flexibility index (Phi) is 2.85. The second kappa shape index (κ2) is 4.11. The Hall–Kier alpha value is -0.860. The SMILES string of the molecule is Cc1ccccc1C(CO)C1COC1. The van der Waals surface area contributed by atoms with E-state index in [1.165, 1.54) is 11.1 Å². The fourth-order valence-electron chi connectivity index (χ4n) is 1.99. The maximum absolute atomic E-state index is 9.38. The van der Waals surface area contributed by atoms with E-state index in [9.17, 15) is 5.11 Å². The van der Waals surface area contributed by atoms with E-state index in [1.807, 2.05) is 12.1 Å². The highest BCUT2D eigenvalue weighted by molar-refractivity contribution is 5.30. The number of aryl methyl sites for hydroxylation is 1. The third kappa shape index (κ3) is 1.68. The lowest BCUT2D eigenvalue weighted by atomic mass is 9.83. The molecular formula is C12H16O2. The van der Waals surface area contributed by atoms with Crippen LogP contribution in [0.25, 0.3) is 0 Å². The molecule has 0 amide bonds. The fraction of sp³-hybridized carbons (Fsp3) is 0.500. The van der Waals surface area contributed by atoms with Crippen LogP contribution in [-0.2, 0) is 4.74 Å². The smallest absolute Gasteiger partial charge is 0.0523 e. The van der Waals surface area contributed by atoms with Gasteiger partial charge in [0.05, 0.1) is 19.8 Å². The molecule has 1 fully saturated rings. The van der Waals surface area contributed by atoms with Gasteiger partial charge in [0.1, 0.15) is 0 Å². The third-order valence-corrected chi connectivity index (χ3v) is 3.02. The predicted octanol–water partition coefficient (Wildman–Crippen LogP) is 1.72. The van der Waals surface area contributed by atoms with Crippen molar-refractivity contribution in [1.29, 1.82) is 0 Å². The monoisotopic (exact) mass is 192 g/mol. The van der Waals surface area contributed by atoms with Gasteiger partial charge < -0.3 is 9.84 Å². The Morgan fingerprint density at radius 1 is 1.43 bits per heavy atom. The van der Waals surface area contributed by atoms with Crippen molar-refractivity contribution in [2.75, 3.05) is 19.8 Å². The number of hydrogen-bond donors (Lipinski definition) is 1. The van der Waals surface area contributed by atoms with Crippen LogP contribution in [0.5, 0.6) is 0 Å². The summed E-state index contributed by atoms with van der Waals surface area (Å²) >= 11 is 0. The lowest BCUT2D eigenvalue weighted by Crippen LogP contribution is -2.35. The molecule has 1 aromatic rings. The molecule has 1 aliphatic rings. The second-order valence-corrected chi connectivity index (χ2v) is 3.94. The Morgan fingerprint density at radius 2 is 2.14 bits per heavy atom. The largest absolute Gasteiger partial charge is 0.396 e. The van der Waals surface area contributed by atoms with Gasteiger partial charge in [0.2, 0.25) is 0 Å². The first-order valence-electron chi connectivity index (χ1n) is 5.07. The standard InChI is InChI=1S/C12H16O2/c1-9-4-2-3-5-11(9)12(6-13)10-7-14-8-10/h2-5,10,12-13H,6-8H2,1H3. The van der Waals surface area contributed by atoms with Crippen LogP contribution in [0.3, 0.4) is 0 Å². The van der Waals surface area contributed by atoms with E-state index in [4.69, 9.17) is 4.74 Å². The van der Waals surface area contributed by atoms with Crippen LogP contribution in [0.2, 0.25) is 0 Å². The molecule has 1 atom stereocenters. The van der Waals surface area contributed by atoms with E-state index < -0.39 is 0 Å². The molecule has 0 saturated carbocycles. The van der Waals surface area contributed by atoms with E-state index in [0.29, 0.717) is 5.92 Å². The number of aliphatic hydroxyl groups excluding tert-OH is 1. The molecule has 2 rings (SSSR count). The highest BCUT2D eigenvalue weighted by atomic mass is 16.5. The van der Waals surface area contributed by atoms with Crippen LogP contribution in [0.4, 0.5) is 0 Å². The first-order chi connectivity index (χ1) is 6.83. The summed E-state index contributed by atoms with van der Waals surface area (Å²) in [5.41, 5.74) is 2.53. The maximum atomic E-state index is 9.38. The molecule has 1 N–H and O–H groups in total. The van der Waals surface area contributed by atoms with Gasteiger partial charge in [0.25, 0.3) is 0 Å². The zero-order valence-electron chi connectivity index (χ0n) is 8.44. The van der Waals surface area contributed by atoms with Crippen molar-refractivity contribution in [3.05, 3.63) is 35.4 Å². The summed E-state index contributed by atoms with van der Waals surface area (Å²) in [6.45, 7) is 3.90. The number of ether oxygens (including phenoxy) is 1. The molecule has 0 radical (unpaired) electrons. The fourth-order valence-corrected chi connectivity index (χ4v) is 1.99. The number of benzene rings is 1. The molecule has 14 heavy (non-hydrogen) atoms. The van der Waals surface area contributed by atoms with Gasteiger partial charge in [0.15, 0.2) is 0 Å². The number of aliphatic hydroxyl groups is 1. The molecule has 0 aromatic heterocycles. The summed E-state index contributed by atoms with van der Waals surface area (Å²) < 4.78 is 5.17. The quantitative estimate of drug-likeness (QED) is 0.790. The lowest BCUT2D eigenvalue weighted by Gasteiger charge is -2.33. The van der Waals surface area contributed by atoms with Gasteiger partial charge in [-0.25, -0.2) is 0 Å². The Morgan fingerprint density at radius 3 is 2.64 bits per heavy atom. The van der Waals surface area contributed by atoms with E-state index >= 15 is 0 Å². The molecule has 1 saturated heterocycles. The number of hydrogen-bond acceptors (Lipinski definition) is 2. The van der Waals surface area contributed by atoms with Crippen molar-refractivity contribution in [1.82, 2.24) is 0 Å². The van der Waals surface area contributed by atoms with Crippen LogP contribution in [0, 0.1) is 12.8 Å². The van der Waals surface area contributed by atoms with Crippen molar-refractivity contribution in [2.45, 2.75) is 12.8 Å². The molecule has 1 heterocycles. The average Bonchev–Trinajstić information content (AvgIpc) is 2.12. The van der Waals surface area contributed by atoms with Gasteiger partial charge >= 0.3 is 0 Å². The van der Waals surface area contributed by atoms with Crippen molar-refractivity contribution >= 4 is 0 Å². The van der Waals surface area contributed by atoms with Gasteiger partial charge in [-0.3, -0.25) is 0 Å². The lowest BCUT2D eigenvalue weighted by molar-refractivity contribution is -0.0528. The van der Waals surface area contributed by atoms with E-state index in [1.54, 1.807) is 0 Å². The zero-order chi connectivity index (χ0) is 9.97. The van der Waals surface area contributed by atoms with E-state index in [0.717, 1.165) is 13.2 Å². The second-order valence-electron chi connectivity index (χ2n) is 3.94. The molecule has 76 valence electrons. The minimum atomic E-state index is 0.221. The molecule has 0 spiro atoms. The Bertz CT molecular complexity index is 305. The van der Waals surface area contributed by atoms with Crippen LogP contribution in [-0.4, -0.2) is 24.9 Å². The number of rotatable bonds is 3. The highest BCUT2D eigenvalue weighted by Gasteiger charge is 2.29. The van der Waals surface area contributed by atoms with Crippen molar-refractivity contribution in [2.24, 2.45) is 5.92 Å². The summed E-state index contributed by atoms with van der Waals surface area (Å²) in [4.78, 5) is 0. The van der Waals surface area contributed by atoms with Crippen molar-refractivity contribution < 1.29 is 9.84 Å². The van der Waals surface area contributed by atoms with Gasteiger partial charge in [-0.1, -0.05) is 24.3 Å². The van der Waals surface area contributed by atoms with Crippen LogP contribution in [0.15, 0.2) is 24.3 Å². The van der Waals surface area contributed by atoms with Gasteiger partial charge in [-0.2, -0.15) is 0 Å². The molecule has 1 aromatic carbocycles. The minimum Gasteiger partial charge on any atom is -0.396 e. The minimum absolute atomic E-state index is 0.221. The third-order valence-electron chi connectivity index (χ3n) is 3.02. The summed E-state index contributed by atoms with van der Waals surface area (Å²) in [5, 5.41) is 9.38. The van der Waals surface area contributed by atoms with Gasteiger partial charge in [-0.05, 0) is 18.1 Å². The van der Waals surface area contributed by atoms with Crippen molar-refractivity contribution in [3.8, 4) is 0 Å². The summed E-state index contributed by atoms with van der Waals surface area (Å²) in [6, 6.07) is 8.26. The van der Waals surface area contributed by atoms with Crippen LogP contribution in [0.1, 0.15) is 17.0 Å². The van der Waals surface area contributed by atoms with Gasteiger partial charge in [-0.15, -0.1) is 0 Å². The van der Waals surface area contributed by atoms with Crippen LogP contribution < -0.4 is 0 Å². The average molecular weight is 192 g/mol. The van der Waals surface area contributed by atoms with Crippen molar-refractivity contribution in [3.63, 3.8) is 0 Å². The zero-order valence-corrected chi connectivity index (χ0v) is 8.44. The molecule has 0 aliphatic carbocycles. The summed E-state index contributed by atoms with van der Waals surface area (Å²) in [6.07, 6.45) is 0. The first kappa shape index (κ1) is 9.69. The Labute approximate surface area is 84.5 Å².